The maximum Gasteiger partial charge on any atom is 0.176 e. The molecule has 1 unspecified atom stereocenters. The first kappa shape index (κ1) is 15.3. The van der Waals surface area contributed by atoms with Gasteiger partial charge in [-0.3, -0.25) is 9.97 Å². The molecule has 120 valence electrons. The zero-order valence-corrected chi connectivity index (χ0v) is 13.0. The molecular weight excluding hydrogens is 297 g/mol. The predicted molar refractivity (Wildman–Crippen MR) is 84.9 cm³/mol. The Morgan fingerprint density at radius 1 is 1.30 bits per heavy atom. The van der Waals surface area contributed by atoms with Gasteiger partial charge in [-0.15, -0.1) is 0 Å². The number of hydrogen-bond acceptors (Lipinski definition) is 5. The predicted octanol–water partition coefficient (Wildman–Crippen LogP) is 3.20. The van der Waals surface area contributed by atoms with E-state index in [-0.39, 0.29) is 24.0 Å². The Kier molecular flexibility index (Phi) is 4.14. The van der Waals surface area contributed by atoms with Crippen molar-refractivity contribution in [1.29, 1.82) is 0 Å². The van der Waals surface area contributed by atoms with Gasteiger partial charge in [0, 0.05) is 36.5 Å². The molecule has 0 radical (unpaired) electrons. The van der Waals surface area contributed by atoms with Crippen LogP contribution >= 0.6 is 0 Å². The highest BCUT2D eigenvalue weighted by molar-refractivity contribution is 5.74. The average molecular weight is 315 g/mol. The third-order valence-corrected chi connectivity index (χ3v) is 3.94. The summed E-state index contributed by atoms with van der Waals surface area (Å²) >= 11 is 0. The molecule has 0 spiro atoms. The van der Waals surface area contributed by atoms with Gasteiger partial charge >= 0.3 is 0 Å². The summed E-state index contributed by atoms with van der Waals surface area (Å²) in [6.45, 7) is 2.21. The minimum atomic E-state index is -0.356. The lowest BCUT2D eigenvalue weighted by Gasteiger charge is -2.22. The van der Waals surface area contributed by atoms with Gasteiger partial charge in [-0.2, -0.15) is 0 Å². The highest BCUT2D eigenvalue weighted by atomic mass is 19.1. The van der Waals surface area contributed by atoms with E-state index in [0.717, 1.165) is 6.42 Å². The van der Waals surface area contributed by atoms with Gasteiger partial charge < -0.3 is 15.2 Å². The van der Waals surface area contributed by atoms with E-state index >= 15 is 0 Å². The van der Waals surface area contributed by atoms with Crippen molar-refractivity contribution in [1.82, 2.24) is 15.3 Å². The number of ether oxygens (including phenoxy) is 1. The Bertz CT molecular complexity index is 802. The van der Waals surface area contributed by atoms with Crippen molar-refractivity contribution in [3.05, 3.63) is 59.2 Å². The molecule has 1 heterocycles. The summed E-state index contributed by atoms with van der Waals surface area (Å²) < 4.78 is 19.4. The van der Waals surface area contributed by atoms with Crippen LogP contribution in [0.4, 0.5) is 4.39 Å². The number of methoxy groups -OCH3 is 1. The monoisotopic (exact) mass is 315 g/mol. The number of aromatic nitrogens is 2. The van der Waals surface area contributed by atoms with Crippen LogP contribution in [-0.2, 0) is 11.3 Å². The number of hydrogen-bond donors (Lipinski definition) is 2. The Balaban J connectivity index is 1.81. The van der Waals surface area contributed by atoms with Crippen LogP contribution < -0.4 is 5.32 Å². The van der Waals surface area contributed by atoms with Gasteiger partial charge in [0.15, 0.2) is 5.76 Å². The van der Waals surface area contributed by atoms with Gasteiger partial charge in [0.1, 0.15) is 11.6 Å². The Hall–Kier alpha value is -2.63. The van der Waals surface area contributed by atoms with Crippen LogP contribution in [-0.4, -0.2) is 22.2 Å². The number of benzene rings is 1. The van der Waals surface area contributed by atoms with E-state index < -0.39 is 0 Å². The maximum absolute atomic E-state index is 14.1. The molecule has 2 N–H and O–H groups in total. The second kappa shape index (κ2) is 6.24. The van der Waals surface area contributed by atoms with Crippen LogP contribution in [0.25, 0.3) is 11.0 Å². The topological polar surface area (TPSA) is 67.3 Å². The van der Waals surface area contributed by atoms with Crippen molar-refractivity contribution in [3.8, 4) is 0 Å². The molecule has 2 aromatic rings. The van der Waals surface area contributed by atoms with Crippen molar-refractivity contribution >= 4 is 11.0 Å². The first-order chi connectivity index (χ1) is 11.1. The van der Waals surface area contributed by atoms with E-state index in [2.05, 4.69) is 15.3 Å². The van der Waals surface area contributed by atoms with Crippen LogP contribution in [0.1, 0.15) is 18.9 Å². The quantitative estimate of drug-likeness (QED) is 0.907. The van der Waals surface area contributed by atoms with Gasteiger partial charge in [0.25, 0.3) is 0 Å². The molecule has 3 rings (SSSR count). The molecule has 1 aromatic heterocycles. The van der Waals surface area contributed by atoms with Gasteiger partial charge in [-0.25, -0.2) is 4.39 Å². The molecule has 0 amide bonds. The van der Waals surface area contributed by atoms with E-state index in [1.165, 1.54) is 19.4 Å². The first-order valence-corrected chi connectivity index (χ1v) is 7.40. The van der Waals surface area contributed by atoms with E-state index in [1.54, 1.807) is 12.3 Å². The molecule has 1 atom stereocenters. The normalized spacial score (nSPS) is 18.0. The van der Waals surface area contributed by atoms with Crippen LogP contribution in [0.3, 0.4) is 0 Å². The van der Waals surface area contributed by atoms with Crippen LogP contribution in [0.5, 0.6) is 0 Å². The summed E-state index contributed by atoms with van der Waals surface area (Å²) in [6.07, 6.45) is 5.74. The Morgan fingerprint density at radius 3 is 2.70 bits per heavy atom. The number of nitrogens with one attached hydrogen (secondary N) is 1. The zero-order valence-electron chi connectivity index (χ0n) is 13.0. The van der Waals surface area contributed by atoms with E-state index in [1.807, 2.05) is 13.0 Å². The summed E-state index contributed by atoms with van der Waals surface area (Å²) in [5, 5.41) is 13.3. The number of allylic oxidation sites excluding steroid dienone is 2. The van der Waals surface area contributed by atoms with E-state index in [4.69, 9.17) is 4.74 Å². The summed E-state index contributed by atoms with van der Waals surface area (Å²) in [4.78, 5) is 8.25. The second-order valence-electron chi connectivity index (χ2n) is 5.51. The summed E-state index contributed by atoms with van der Waals surface area (Å²) in [5.41, 5.74) is 2.17. The SMILES string of the molecule is COC1=C(O)C(NCc2cc3nccnc3cc2F)=CCC1C. The minimum absolute atomic E-state index is 0.0761. The number of rotatable bonds is 4. The Morgan fingerprint density at radius 2 is 2.00 bits per heavy atom. The molecule has 6 heteroatoms. The number of fused-ring (bicyclic) bond motifs is 1. The fourth-order valence-electron chi connectivity index (χ4n) is 2.67. The van der Waals surface area contributed by atoms with Crippen molar-refractivity contribution in [2.75, 3.05) is 7.11 Å². The van der Waals surface area contributed by atoms with Crippen molar-refractivity contribution in [3.63, 3.8) is 0 Å². The standard InChI is InChI=1S/C17H18FN3O2/c1-10-3-4-13(16(22)17(10)23-2)21-9-11-7-14-15(8-12(11)18)20-6-5-19-14/h4-8,10,21-22H,3,9H2,1-2H3. The minimum Gasteiger partial charge on any atom is -0.503 e. The number of aliphatic hydroxyl groups excluding tert-OH is 1. The molecule has 0 bridgehead atoms. The summed E-state index contributed by atoms with van der Waals surface area (Å²) in [7, 11) is 1.53. The largest absolute Gasteiger partial charge is 0.503 e. The number of halogens is 1. The Labute approximate surface area is 133 Å². The molecule has 1 aliphatic carbocycles. The van der Waals surface area contributed by atoms with E-state index in [9.17, 15) is 9.50 Å². The lowest BCUT2D eigenvalue weighted by atomic mass is 9.97. The van der Waals surface area contributed by atoms with E-state index in [0.29, 0.717) is 28.1 Å². The molecular formula is C17H18FN3O2. The van der Waals surface area contributed by atoms with Gasteiger partial charge in [-0.1, -0.05) is 13.0 Å². The van der Waals surface area contributed by atoms with Crippen LogP contribution in [0.2, 0.25) is 0 Å². The van der Waals surface area contributed by atoms with Crippen LogP contribution in [0, 0.1) is 11.7 Å². The fourth-order valence-corrected chi connectivity index (χ4v) is 2.67. The molecule has 0 fully saturated rings. The molecule has 1 aliphatic rings. The molecule has 0 saturated heterocycles. The lowest BCUT2D eigenvalue weighted by Crippen LogP contribution is -2.21. The lowest BCUT2D eigenvalue weighted by molar-refractivity contribution is 0.212. The van der Waals surface area contributed by atoms with Gasteiger partial charge in [0.2, 0.25) is 0 Å². The fraction of sp³-hybridized carbons (Fsp3) is 0.294. The van der Waals surface area contributed by atoms with Crippen molar-refractivity contribution in [2.24, 2.45) is 5.92 Å². The zero-order chi connectivity index (χ0) is 16.4. The highest BCUT2D eigenvalue weighted by Crippen LogP contribution is 2.28. The van der Waals surface area contributed by atoms with Gasteiger partial charge in [0.05, 0.1) is 23.8 Å². The molecule has 1 aromatic carbocycles. The highest BCUT2D eigenvalue weighted by Gasteiger charge is 2.22. The van der Waals surface area contributed by atoms with Crippen LogP contribution in [0.15, 0.2) is 47.8 Å². The molecule has 23 heavy (non-hydrogen) atoms. The average Bonchev–Trinajstić information content (AvgIpc) is 2.55. The number of nitrogens with zero attached hydrogens (tertiary/aromatic N) is 2. The third kappa shape index (κ3) is 2.97. The third-order valence-electron chi connectivity index (χ3n) is 3.94. The second-order valence-corrected chi connectivity index (χ2v) is 5.51. The van der Waals surface area contributed by atoms with Gasteiger partial charge in [-0.05, 0) is 12.5 Å². The summed E-state index contributed by atoms with van der Waals surface area (Å²) in [6, 6.07) is 3.03. The molecule has 5 nitrogen and oxygen atoms in total. The molecule has 0 saturated carbocycles. The summed E-state index contributed by atoms with van der Waals surface area (Å²) in [5.74, 6) is 0.385. The van der Waals surface area contributed by atoms with Crippen molar-refractivity contribution in [2.45, 2.75) is 19.9 Å². The van der Waals surface area contributed by atoms with Crippen molar-refractivity contribution < 1.29 is 14.2 Å². The smallest absolute Gasteiger partial charge is 0.176 e. The number of aliphatic hydroxyl groups is 1. The molecule has 0 aliphatic heterocycles. The first-order valence-electron chi connectivity index (χ1n) is 7.40. The maximum atomic E-state index is 14.1.